The summed E-state index contributed by atoms with van der Waals surface area (Å²) in [4.78, 5) is 17.1. The molecule has 6 rings (SSSR count). The predicted octanol–water partition coefficient (Wildman–Crippen LogP) is 5.48. The Morgan fingerprint density at radius 2 is 1.89 bits per heavy atom. The van der Waals surface area contributed by atoms with Crippen molar-refractivity contribution in [2.24, 2.45) is 5.92 Å². The number of hydrogen-bond acceptors (Lipinski definition) is 6. The summed E-state index contributed by atoms with van der Waals surface area (Å²) in [5.41, 5.74) is 4.74. The summed E-state index contributed by atoms with van der Waals surface area (Å²) in [5, 5.41) is 5.75. The quantitative estimate of drug-likeness (QED) is 0.403. The van der Waals surface area contributed by atoms with Crippen LogP contribution < -0.4 is 5.32 Å². The van der Waals surface area contributed by atoms with Crippen molar-refractivity contribution in [3.05, 3.63) is 53.9 Å². The molecule has 1 saturated carbocycles. The molecule has 2 aliphatic rings. The lowest BCUT2D eigenvalue weighted by Gasteiger charge is -2.28. The molecule has 35 heavy (non-hydrogen) atoms. The third-order valence-corrected chi connectivity index (χ3v) is 7.78. The zero-order chi connectivity index (χ0) is 23.8. The van der Waals surface area contributed by atoms with Crippen LogP contribution in [0.1, 0.15) is 49.9 Å². The Kier molecular flexibility index (Phi) is 6.12. The van der Waals surface area contributed by atoms with Gasteiger partial charge in [-0.1, -0.05) is 31.2 Å². The normalized spacial score (nSPS) is 20.9. The second-order valence-corrected chi connectivity index (χ2v) is 10.2. The predicted molar refractivity (Wildman–Crippen MR) is 140 cm³/mol. The minimum Gasteiger partial charge on any atom is -0.383 e. The molecule has 0 bridgehead atoms. The van der Waals surface area contributed by atoms with Crippen LogP contribution in [0.5, 0.6) is 0 Å². The van der Waals surface area contributed by atoms with Gasteiger partial charge < -0.3 is 14.6 Å². The van der Waals surface area contributed by atoms with E-state index in [1.165, 1.54) is 42.1 Å². The Bertz CT molecular complexity index is 1340. The van der Waals surface area contributed by atoms with Gasteiger partial charge in [-0.2, -0.15) is 4.98 Å². The molecule has 182 valence electrons. The van der Waals surface area contributed by atoms with Crippen LogP contribution in [0.3, 0.4) is 0 Å². The van der Waals surface area contributed by atoms with Crippen LogP contribution in [0.15, 0.2) is 42.6 Å². The highest BCUT2D eigenvalue weighted by atomic mass is 16.5. The van der Waals surface area contributed by atoms with Crippen LogP contribution in [-0.4, -0.2) is 51.2 Å². The number of ether oxygens (including phenoxy) is 1. The van der Waals surface area contributed by atoms with Gasteiger partial charge in [0.1, 0.15) is 11.5 Å². The van der Waals surface area contributed by atoms with Crippen molar-refractivity contribution in [3.8, 4) is 0 Å². The number of rotatable bonds is 6. The fourth-order valence-corrected chi connectivity index (χ4v) is 5.77. The van der Waals surface area contributed by atoms with Gasteiger partial charge >= 0.3 is 0 Å². The highest BCUT2D eigenvalue weighted by molar-refractivity contribution is 6.06. The number of methoxy groups -OCH3 is 1. The summed E-state index contributed by atoms with van der Waals surface area (Å²) in [5.74, 6) is 2.23. The Morgan fingerprint density at radius 3 is 2.74 bits per heavy atom. The summed E-state index contributed by atoms with van der Waals surface area (Å²) in [7, 11) is 1.76. The van der Waals surface area contributed by atoms with Crippen LogP contribution in [0, 0.1) is 5.92 Å². The number of nitrogens with zero attached hydrogens (tertiary/aromatic N) is 5. The molecule has 0 saturated heterocycles. The summed E-state index contributed by atoms with van der Waals surface area (Å²) in [6.07, 6.45) is 7.88. The summed E-state index contributed by atoms with van der Waals surface area (Å²) in [6, 6.07) is 13.4. The van der Waals surface area contributed by atoms with Gasteiger partial charge in [-0.25, -0.2) is 9.97 Å². The van der Waals surface area contributed by atoms with E-state index in [-0.39, 0.29) is 0 Å². The van der Waals surface area contributed by atoms with Gasteiger partial charge in [0.25, 0.3) is 0 Å². The van der Waals surface area contributed by atoms with E-state index in [1.807, 2.05) is 12.3 Å². The van der Waals surface area contributed by atoms with Crippen LogP contribution in [0.2, 0.25) is 0 Å². The van der Waals surface area contributed by atoms with Gasteiger partial charge in [0, 0.05) is 61.9 Å². The molecule has 1 fully saturated rings. The average molecular weight is 471 g/mol. The molecule has 7 nitrogen and oxygen atoms in total. The maximum absolute atomic E-state index is 5.24. The molecule has 7 heteroatoms. The first-order chi connectivity index (χ1) is 17.2. The van der Waals surface area contributed by atoms with Gasteiger partial charge in [-0.15, -0.1) is 0 Å². The molecular formula is C28H34N6O. The van der Waals surface area contributed by atoms with Crippen molar-refractivity contribution in [2.75, 3.05) is 32.1 Å². The molecular weight excluding hydrogens is 436 g/mol. The Labute approximate surface area is 206 Å². The standard InChI is InChI=1S/C28H34N6O/c1-19-7-10-21(11-8-19)34-25-6-4-3-5-22(25)23-17-29-28(32-27(23)34)31-26-12-9-20-18-33(15-16-35-2)14-13-24(20)30-26/h3-6,9,12,17,19,21H,7-8,10-11,13-16,18H2,1-2H3,(H,29,30,31,32). The van der Waals surface area contributed by atoms with E-state index in [0.29, 0.717) is 12.0 Å². The molecule has 0 amide bonds. The lowest BCUT2D eigenvalue weighted by molar-refractivity contribution is 0.140. The fraction of sp³-hybridized carbons (Fsp3) is 0.464. The summed E-state index contributed by atoms with van der Waals surface area (Å²) in [6.45, 7) is 6.02. The molecule has 3 aromatic heterocycles. The van der Waals surface area contributed by atoms with Gasteiger partial charge in [-0.3, -0.25) is 4.90 Å². The fourth-order valence-electron chi connectivity index (χ4n) is 5.77. The average Bonchev–Trinajstić information content (AvgIpc) is 3.21. The monoisotopic (exact) mass is 470 g/mol. The van der Waals surface area contributed by atoms with Crippen LogP contribution in [0.4, 0.5) is 11.8 Å². The minimum absolute atomic E-state index is 0.485. The Morgan fingerprint density at radius 1 is 1.03 bits per heavy atom. The zero-order valence-corrected chi connectivity index (χ0v) is 20.7. The molecule has 4 heterocycles. The zero-order valence-electron chi connectivity index (χ0n) is 20.7. The number of anilines is 2. The van der Waals surface area contributed by atoms with E-state index < -0.39 is 0 Å². The lowest BCUT2D eigenvalue weighted by Crippen LogP contribution is -2.33. The molecule has 0 radical (unpaired) electrons. The van der Waals surface area contributed by atoms with Gasteiger partial charge in [0.15, 0.2) is 0 Å². The number of fused-ring (bicyclic) bond motifs is 4. The third kappa shape index (κ3) is 4.39. The van der Waals surface area contributed by atoms with Crippen LogP contribution in [-0.2, 0) is 17.7 Å². The maximum atomic E-state index is 5.24. The molecule has 1 aliphatic carbocycles. The van der Waals surface area contributed by atoms with Crippen LogP contribution in [0.25, 0.3) is 21.9 Å². The van der Waals surface area contributed by atoms with Crippen molar-refractivity contribution < 1.29 is 4.74 Å². The Balaban J connectivity index is 1.30. The number of hydrogen-bond donors (Lipinski definition) is 1. The van der Waals surface area contributed by atoms with E-state index >= 15 is 0 Å². The number of benzene rings is 1. The largest absolute Gasteiger partial charge is 0.383 e. The first-order valence-electron chi connectivity index (χ1n) is 12.9. The van der Waals surface area contributed by atoms with E-state index in [1.54, 1.807) is 7.11 Å². The minimum atomic E-state index is 0.485. The highest BCUT2D eigenvalue weighted by Crippen LogP contribution is 2.38. The van der Waals surface area contributed by atoms with Gasteiger partial charge in [-0.05, 0) is 49.3 Å². The maximum Gasteiger partial charge on any atom is 0.230 e. The third-order valence-electron chi connectivity index (χ3n) is 7.78. The second-order valence-electron chi connectivity index (χ2n) is 10.2. The van der Waals surface area contributed by atoms with E-state index in [4.69, 9.17) is 14.7 Å². The summed E-state index contributed by atoms with van der Waals surface area (Å²) >= 11 is 0. The highest BCUT2D eigenvalue weighted by Gasteiger charge is 2.24. The second kappa shape index (κ2) is 9.55. The number of aromatic nitrogens is 4. The van der Waals surface area contributed by atoms with Crippen LogP contribution >= 0.6 is 0 Å². The molecule has 1 N–H and O–H groups in total. The molecule has 4 aromatic rings. The van der Waals surface area contributed by atoms with E-state index in [9.17, 15) is 0 Å². The molecule has 1 aliphatic heterocycles. The number of pyridine rings is 1. The van der Waals surface area contributed by atoms with E-state index in [2.05, 4.69) is 57.0 Å². The SMILES string of the molecule is COCCN1CCc2nc(Nc3ncc4c5ccccc5n(C5CCC(C)CC5)c4n3)ccc2C1. The van der Waals surface area contributed by atoms with E-state index in [0.717, 1.165) is 61.1 Å². The van der Waals surface area contributed by atoms with Crippen molar-refractivity contribution >= 4 is 33.7 Å². The topological polar surface area (TPSA) is 68.1 Å². The van der Waals surface area contributed by atoms with Crippen molar-refractivity contribution in [1.82, 2.24) is 24.4 Å². The van der Waals surface area contributed by atoms with Crippen molar-refractivity contribution in [3.63, 3.8) is 0 Å². The first kappa shape index (κ1) is 22.4. The first-order valence-corrected chi connectivity index (χ1v) is 12.9. The lowest BCUT2D eigenvalue weighted by atomic mass is 9.87. The van der Waals surface area contributed by atoms with Gasteiger partial charge in [0.2, 0.25) is 5.95 Å². The molecule has 0 unspecified atom stereocenters. The molecule has 0 spiro atoms. The molecule has 0 atom stereocenters. The summed E-state index contributed by atoms with van der Waals surface area (Å²) < 4.78 is 7.71. The molecule has 1 aromatic carbocycles. The Hall–Kier alpha value is -3.03. The smallest absolute Gasteiger partial charge is 0.230 e. The van der Waals surface area contributed by atoms with Gasteiger partial charge in [0.05, 0.1) is 12.1 Å². The number of nitrogens with one attached hydrogen (secondary N) is 1. The van der Waals surface area contributed by atoms with Crippen molar-refractivity contribution in [1.29, 1.82) is 0 Å². The number of para-hydroxylation sites is 1. The van der Waals surface area contributed by atoms with Crippen molar-refractivity contribution in [2.45, 2.75) is 51.6 Å².